The smallest absolute Gasteiger partial charge is 0.303 e. The van der Waals surface area contributed by atoms with Crippen LogP contribution in [0.2, 0.25) is 0 Å². The van der Waals surface area contributed by atoms with Gasteiger partial charge in [0.15, 0.2) is 0 Å². The number of carboxylic acid groups (broad SMARTS) is 1. The summed E-state index contributed by atoms with van der Waals surface area (Å²) in [5.74, 6) is -0.449. The molecule has 2 N–H and O–H groups in total. The number of ether oxygens (including phenoxy) is 1. The Hall–Kier alpha value is -1.10. The lowest BCUT2D eigenvalue weighted by molar-refractivity contribution is -0.137. The van der Waals surface area contributed by atoms with Crippen LogP contribution in [0.1, 0.15) is 53.4 Å². The summed E-state index contributed by atoms with van der Waals surface area (Å²) >= 11 is 0. The quantitative estimate of drug-likeness (QED) is 0.757. The number of carbonyl (C=O) groups is 2. The van der Waals surface area contributed by atoms with Crippen molar-refractivity contribution in [1.29, 1.82) is 0 Å². The lowest BCUT2D eigenvalue weighted by Gasteiger charge is -2.30. The third-order valence-electron chi connectivity index (χ3n) is 4.29. The molecule has 3 unspecified atom stereocenters. The van der Waals surface area contributed by atoms with Crippen LogP contribution < -0.4 is 5.32 Å². The molecule has 0 bridgehead atoms. The molecule has 0 aromatic heterocycles. The normalized spacial score (nSPS) is 23.8. The molecule has 1 fully saturated rings. The Balaban J connectivity index is 2.35. The van der Waals surface area contributed by atoms with Gasteiger partial charge in [-0.3, -0.25) is 9.59 Å². The summed E-state index contributed by atoms with van der Waals surface area (Å²) in [5, 5.41) is 11.8. The molecule has 5 heteroatoms. The van der Waals surface area contributed by atoms with Gasteiger partial charge in [-0.25, -0.2) is 0 Å². The number of hydrogen-bond donors (Lipinski definition) is 2. The molecule has 0 spiro atoms. The van der Waals surface area contributed by atoms with E-state index in [2.05, 4.69) is 26.1 Å². The van der Waals surface area contributed by atoms with E-state index in [1.54, 1.807) is 0 Å². The number of amides is 1. The zero-order valence-electron chi connectivity index (χ0n) is 13.6. The molecule has 0 aromatic rings. The fourth-order valence-electron chi connectivity index (χ4n) is 2.82. The average molecular weight is 299 g/mol. The summed E-state index contributed by atoms with van der Waals surface area (Å²) in [6.07, 6.45) is 2.60. The molecule has 3 atom stereocenters. The van der Waals surface area contributed by atoms with Gasteiger partial charge in [-0.1, -0.05) is 20.8 Å². The Kier molecular flexibility index (Phi) is 6.65. The third kappa shape index (κ3) is 6.46. The summed E-state index contributed by atoms with van der Waals surface area (Å²) in [5.41, 5.74) is 0.0468. The Labute approximate surface area is 127 Å². The molecule has 0 radical (unpaired) electrons. The second kappa shape index (κ2) is 7.78. The van der Waals surface area contributed by atoms with Gasteiger partial charge >= 0.3 is 5.97 Å². The standard InChI is InChI=1S/C16H29NO4/c1-11-9-12(10-21-11)15(20)17-8-7-13(16(2,3)4)5-6-14(18)19/h11-13H,5-10H2,1-4H3,(H,17,20)(H,18,19). The van der Waals surface area contributed by atoms with Crippen LogP contribution in [0.4, 0.5) is 0 Å². The zero-order valence-corrected chi connectivity index (χ0v) is 13.6. The molecule has 122 valence electrons. The molecule has 21 heavy (non-hydrogen) atoms. The number of aliphatic carboxylic acids is 1. The van der Waals surface area contributed by atoms with Crippen molar-refractivity contribution in [3.63, 3.8) is 0 Å². The van der Waals surface area contributed by atoms with Crippen LogP contribution in [0.25, 0.3) is 0 Å². The molecule has 1 saturated heterocycles. The minimum absolute atomic E-state index is 0.0351. The second-order valence-electron chi connectivity index (χ2n) is 7.15. The minimum Gasteiger partial charge on any atom is -0.481 e. The van der Waals surface area contributed by atoms with Crippen LogP contribution in [0.15, 0.2) is 0 Å². The van der Waals surface area contributed by atoms with E-state index in [1.165, 1.54) is 0 Å². The summed E-state index contributed by atoms with van der Waals surface area (Å²) in [7, 11) is 0. The first-order valence-electron chi connectivity index (χ1n) is 7.81. The zero-order chi connectivity index (χ0) is 16.0. The van der Waals surface area contributed by atoms with Crippen molar-refractivity contribution in [2.75, 3.05) is 13.2 Å². The van der Waals surface area contributed by atoms with Gasteiger partial charge in [-0.2, -0.15) is 0 Å². The van der Waals surface area contributed by atoms with E-state index >= 15 is 0 Å². The fraction of sp³-hybridized carbons (Fsp3) is 0.875. The van der Waals surface area contributed by atoms with Crippen molar-refractivity contribution in [2.45, 2.75) is 59.5 Å². The molecule has 1 aliphatic rings. The van der Waals surface area contributed by atoms with Crippen molar-refractivity contribution >= 4 is 11.9 Å². The predicted molar refractivity (Wildman–Crippen MR) is 81.0 cm³/mol. The molecule has 0 aliphatic carbocycles. The van der Waals surface area contributed by atoms with Gasteiger partial charge in [-0.05, 0) is 37.5 Å². The molecule has 1 rings (SSSR count). The van der Waals surface area contributed by atoms with Gasteiger partial charge in [0.05, 0.1) is 18.6 Å². The van der Waals surface area contributed by atoms with E-state index in [-0.39, 0.29) is 35.7 Å². The summed E-state index contributed by atoms with van der Waals surface area (Å²) in [6.45, 7) is 9.45. The Morgan fingerprint density at radius 3 is 2.48 bits per heavy atom. The maximum absolute atomic E-state index is 12.0. The molecule has 1 amide bonds. The van der Waals surface area contributed by atoms with Crippen LogP contribution in [0, 0.1) is 17.3 Å². The van der Waals surface area contributed by atoms with E-state index in [0.29, 0.717) is 19.6 Å². The van der Waals surface area contributed by atoms with E-state index in [1.807, 2.05) is 6.92 Å². The molecule has 0 aromatic carbocycles. The first-order chi connectivity index (χ1) is 9.70. The van der Waals surface area contributed by atoms with Crippen molar-refractivity contribution in [3.8, 4) is 0 Å². The van der Waals surface area contributed by atoms with Crippen LogP contribution in [0.5, 0.6) is 0 Å². The van der Waals surface area contributed by atoms with Crippen LogP contribution >= 0.6 is 0 Å². The number of carboxylic acids is 1. The molecule has 1 aliphatic heterocycles. The second-order valence-corrected chi connectivity index (χ2v) is 7.15. The van der Waals surface area contributed by atoms with Crippen molar-refractivity contribution in [2.24, 2.45) is 17.3 Å². The highest BCUT2D eigenvalue weighted by Gasteiger charge is 2.29. The van der Waals surface area contributed by atoms with Crippen molar-refractivity contribution in [1.82, 2.24) is 5.32 Å². The van der Waals surface area contributed by atoms with Gasteiger partial charge < -0.3 is 15.2 Å². The van der Waals surface area contributed by atoms with Gasteiger partial charge in [0.1, 0.15) is 0 Å². The largest absolute Gasteiger partial charge is 0.481 e. The minimum atomic E-state index is -0.759. The number of nitrogens with one attached hydrogen (secondary N) is 1. The topological polar surface area (TPSA) is 75.6 Å². The van der Waals surface area contributed by atoms with Gasteiger partial charge in [-0.15, -0.1) is 0 Å². The first-order valence-corrected chi connectivity index (χ1v) is 7.81. The summed E-state index contributed by atoms with van der Waals surface area (Å²) < 4.78 is 5.41. The highest BCUT2D eigenvalue weighted by molar-refractivity contribution is 5.79. The fourth-order valence-corrected chi connectivity index (χ4v) is 2.82. The molecular formula is C16H29NO4. The number of hydrogen-bond acceptors (Lipinski definition) is 3. The Morgan fingerprint density at radius 2 is 2.00 bits per heavy atom. The Morgan fingerprint density at radius 1 is 1.33 bits per heavy atom. The third-order valence-corrected chi connectivity index (χ3v) is 4.29. The summed E-state index contributed by atoms with van der Waals surface area (Å²) in [4.78, 5) is 22.7. The highest BCUT2D eigenvalue weighted by atomic mass is 16.5. The van der Waals surface area contributed by atoms with Gasteiger partial charge in [0.2, 0.25) is 5.91 Å². The number of rotatable bonds is 7. The monoisotopic (exact) mass is 299 g/mol. The first kappa shape index (κ1) is 18.0. The van der Waals surface area contributed by atoms with Crippen molar-refractivity contribution in [3.05, 3.63) is 0 Å². The maximum Gasteiger partial charge on any atom is 0.303 e. The van der Waals surface area contributed by atoms with Gasteiger partial charge in [0, 0.05) is 13.0 Å². The lowest BCUT2D eigenvalue weighted by atomic mass is 9.76. The maximum atomic E-state index is 12.0. The molecule has 5 nitrogen and oxygen atoms in total. The van der Waals surface area contributed by atoms with E-state index < -0.39 is 5.97 Å². The van der Waals surface area contributed by atoms with Crippen LogP contribution in [-0.4, -0.2) is 36.2 Å². The van der Waals surface area contributed by atoms with E-state index in [4.69, 9.17) is 9.84 Å². The van der Waals surface area contributed by atoms with E-state index in [9.17, 15) is 9.59 Å². The average Bonchev–Trinajstić information content (AvgIpc) is 2.78. The molecular weight excluding hydrogens is 270 g/mol. The Bertz CT molecular complexity index is 362. The van der Waals surface area contributed by atoms with Crippen LogP contribution in [0.3, 0.4) is 0 Å². The lowest BCUT2D eigenvalue weighted by Crippen LogP contribution is -2.34. The molecule has 0 saturated carbocycles. The van der Waals surface area contributed by atoms with Gasteiger partial charge in [0.25, 0.3) is 0 Å². The van der Waals surface area contributed by atoms with Crippen molar-refractivity contribution < 1.29 is 19.4 Å². The predicted octanol–water partition coefficient (Wildman–Crippen LogP) is 2.44. The number of carbonyl (C=O) groups excluding carboxylic acids is 1. The van der Waals surface area contributed by atoms with E-state index in [0.717, 1.165) is 12.8 Å². The van der Waals surface area contributed by atoms with Crippen LogP contribution in [-0.2, 0) is 14.3 Å². The summed E-state index contributed by atoms with van der Waals surface area (Å²) in [6, 6.07) is 0. The molecule has 1 heterocycles. The highest BCUT2D eigenvalue weighted by Crippen LogP contribution is 2.32. The SMILES string of the molecule is CC1CC(C(=O)NCCC(CCC(=O)O)C(C)(C)C)CO1.